The van der Waals surface area contributed by atoms with Crippen molar-refractivity contribution in [1.29, 1.82) is 0 Å². The third-order valence-electron chi connectivity index (χ3n) is 5.75. The van der Waals surface area contributed by atoms with E-state index in [0.717, 1.165) is 49.3 Å². The lowest BCUT2D eigenvalue weighted by Gasteiger charge is -2.26. The summed E-state index contributed by atoms with van der Waals surface area (Å²) in [5, 5.41) is 30.4. The van der Waals surface area contributed by atoms with Crippen LogP contribution in [-0.4, -0.2) is 56.4 Å². The van der Waals surface area contributed by atoms with Gasteiger partial charge in [0.25, 0.3) is 0 Å². The molecule has 1 aromatic heterocycles. The summed E-state index contributed by atoms with van der Waals surface area (Å²) >= 11 is 0. The quantitative estimate of drug-likeness (QED) is 0.695. The van der Waals surface area contributed by atoms with E-state index < -0.39 is 0 Å². The van der Waals surface area contributed by atoms with Crippen LogP contribution in [0.1, 0.15) is 52.5 Å². The monoisotopic (exact) mass is 420 g/mol. The molecule has 3 heterocycles. The number of benzene rings is 1. The number of hydrogen-bond donors (Lipinski definition) is 3. The summed E-state index contributed by atoms with van der Waals surface area (Å²) in [4.78, 5) is 2.35. The molecule has 164 valence electrons. The fourth-order valence-electron chi connectivity index (χ4n) is 4.22. The van der Waals surface area contributed by atoms with E-state index in [9.17, 15) is 5.11 Å². The van der Waals surface area contributed by atoms with Crippen LogP contribution in [-0.2, 0) is 0 Å². The van der Waals surface area contributed by atoms with Gasteiger partial charge in [-0.15, -0.1) is 10.2 Å². The molecule has 1 fully saturated rings. The second kappa shape index (κ2) is 8.67. The molecule has 1 aromatic carbocycles. The lowest BCUT2D eigenvalue weighted by molar-refractivity contribution is 0.359. The van der Waals surface area contributed by atoms with Gasteiger partial charge in [-0.05, 0) is 57.4 Å². The first-order chi connectivity index (χ1) is 14.8. The van der Waals surface area contributed by atoms with Crippen molar-refractivity contribution in [1.82, 2.24) is 20.4 Å². The maximum atomic E-state index is 10.7. The summed E-state index contributed by atoms with van der Waals surface area (Å²) in [6, 6.07) is 6.09. The molecule has 0 unspecified atom stereocenters. The highest BCUT2D eigenvalue weighted by atomic mass is 16.3. The average molecular weight is 421 g/mol. The van der Waals surface area contributed by atoms with Crippen LogP contribution >= 0.6 is 0 Å². The van der Waals surface area contributed by atoms with Crippen LogP contribution in [0.15, 0.2) is 52.4 Å². The van der Waals surface area contributed by atoms with Gasteiger partial charge in [-0.3, -0.25) is 5.10 Å². The summed E-state index contributed by atoms with van der Waals surface area (Å²) in [5.74, 6) is 1.20. The summed E-state index contributed by atoms with van der Waals surface area (Å²) < 4.78 is 0. The molecule has 3 N–H and O–H groups in total. The van der Waals surface area contributed by atoms with Gasteiger partial charge in [-0.1, -0.05) is 18.6 Å². The molecule has 2 aliphatic heterocycles. The Labute approximate surface area is 184 Å². The van der Waals surface area contributed by atoms with Gasteiger partial charge in [-0.2, -0.15) is 5.10 Å². The maximum Gasteiger partial charge on any atom is 0.131 e. The number of aromatic nitrogens is 2. The highest BCUT2D eigenvalue weighted by Gasteiger charge is 2.28. The van der Waals surface area contributed by atoms with Crippen molar-refractivity contribution < 1.29 is 5.11 Å². The first kappa shape index (κ1) is 21.3. The second-order valence-electron chi connectivity index (χ2n) is 9.38. The normalized spacial score (nSPS) is 19.7. The molecule has 0 bridgehead atoms. The van der Waals surface area contributed by atoms with E-state index >= 15 is 0 Å². The van der Waals surface area contributed by atoms with E-state index in [1.165, 1.54) is 5.57 Å². The standard InChI is InChI=1S/C24H32N6O/c1-5-16-10-21(20-7-6-17(12-22(20)31)18-13-25-26-14-18)28-29-23(11-16)30-9-8-19(15-30)27-24(2,3)4/h6-7,10,12-14,19,27,31H,5,8-9,11,15H2,1-4H3,(H,25,26)/t19-/m1/s1. The van der Waals surface area contributed by atoms with Gasteiger partial charge in [-0.25, -0.2) is 0 Å². The Morgan fingerprint density at radius 2 is 2.06 bits per heavy atom. The molecular formula is C24H32N6O. The smallest absolute Gasteiger partial charge is 0.131 e. The number of H-pyrrole nitrogens is 1. The average Bonchev–Trinajstić information content (AvgIpc) is 3.36. The van der Waals surface area contributed by atoms with Crippen LogP contribution in [0, 0.1) is 0 Å². The third-order valence-corrected chi connectivity index (χ3v) is 5.75. The van der Waals surface area contributed by atoms with Crippen molar-refractivity contribution in [2.45, 2.75) is 58.5 Å². The molecule has 0 radical (unpaired) electrons. The van der Waals surface area contributed by atoms with E-state index in [1.807, 2.05) is 12.1 Å². The Bertz CT molecular complexity index is 1010. The molecule has 2 aliphatic rings. The van der Waals surface area contributed by atoms with Crippen molar-refractivity contribution >= 4 is 11.5 Å². The van der Waals surface area contributed by atoms with Crippen LogP contribution < -0.4 is 5.32 Å². The molecule has 0 amide bonds. The molecule has 0 spiro atoms. The molecule has 31 heavy (non-hydrogen) atoms. The van der Waals surface area contributed by atoms with Crippen molar-refractivity contribution in [2.24, 2.45) is 10.2 Å². The van der Waals surface area contributed by atoms with Crippen molar-refractivity contribution in [2.75, 3.05) is 13.1 Å². The van der Waals surface area contributed by atoms with Crippen molar-refractivity contribution in [3.05, 3.63) is 47.8 Å². The number of nitrogens with one attached hydrogen (secondary N) is 2. The lowest BCUT2D eigenvalue weighted by Crippen LogP contribution is -2.45. The van der Waals surface area contributed by atoms with Crippen molar-refractivity contribution in [3.63, 3.8) is 0 Å². The van der Waals surface area contributed by atoms with Gasteiger partial charge >= 0.3 is 0 Å². The summed E-state index contributed by atoms with van der Waals surface area (Å²) in [5.41, 5.74) is 4.60. The molecule has 0 aliphatic carbocycles. The minimum Gasteiger partial charge on any atom is -0.507 e. The zero-order valence-electron chi connectivity index (χ0n) is 18.8. The molecule has 2 aromatic rings. The minimum absolute atomic E-state index is 0.103. The SMILES string of the molecule is CCC1=CC(c2ccc(-c3cn[nH]c3)cc2O)=NN=C(N2CC[C@@H](NC(C)(C)C)C2)C1. The van der Waals surface area contributed by atoms with Gasteiger partial charge in [0, 0.05) is 48.4 Å². The fraction of sp³-hybridized carbons (Fsp3) is 0.458. The zero-order valence-corrected chi connectivity index (χ0v) is 18.8. The summed E-state index contributed by atoms with van der Waals surface area (Å²) in [6.07, 6.45) is 8.43. The lowest BCUT2D eigenvalue weighted by atomic mass is 10.00. The van der Waals surface area contributed by atoms with E-state index in [0.29, 0.717) is 17.3 Å². The number of nitrogens with zero attached hydrogens (tertiary/aromatic N) is 4. The Morgan fingerprint density at radius 3 is 2.74 bits per heavy atom. The largest absolute Gasteiger partial charge is 0.507 e. The summed E-state index contributed by atoms with van der Waals surface area (Å²) in [6.45, 7) is 10.7. The maximum absolute atomic E-state index is 10.7. The molecule has 1 saturated heterocycles. The van der Waals surface area contributed by atoms with E-state index in [-0.39, 0.29) is 11.3 Å². The molecule has 4 rings (SSSR count). The minimum atomic E-state index is 0.103. The molecular weight excluding hydrogens is 388 g/mol. The topological polar surface area (TPSA) is 88.9 Å². The Balaban J connectivity index is 1.58. The number of rotatable bonds is 4. The first-order valence-corrected chi connectivity index (χ1v) is 11.0. The first-order valence-electron chi connectivity index (χ1n) is 11.0. The molecule has 7 nitrogen and oxygen atoms in total. The number of phenolic OH excluding ortho intramolecular Hbond substituents is 1. The number of aromatic amines is 1. The van der Waals surface area contributed by atoms with Crippen molar-refractivity contribution in [3.8, 4) is 16.9 Å². The van der Waals surface area contributed by atoms with Crippen LogP contribution in [0.25, 0.3) is 11.1 Å². The molecule has 7 heteroatoms. The Hall–Kier alpha value is -2.93. The Morgan fingerprint density at radius 1 is 1.23 bits per heavy atom. The third kappa shape index (κ3) is 5.05. The van der Waals surface area contributed by atoms with Gasteiger partial charge in [0.1, 0.15) is 11.6 Å². The van der Waals surface area contributed by atoms with Gasteiger partial charge in [0.15, 0.2) is 0 Å². The van der Waals surface area contributed by atoms with Crippen LogP contribution in [0.3, 0.4) is 0 Å². The van der Waals surface area contributed by atoms with Crippen LogP contribution in [0.4, 0.5) is 0 Å². The van der Waals surface area contributed by atoms with Gasteiger partial charge in [0.2, 0.25) is 0 Å². The van der Waals surface area contributed by atoms with E-state index in [1.54, 1.807) is 18.5 Å². The predicted octanol–water partition coefficient (Wildman–Crippen LogP) is 4.09. The predicted molar refractivity (Wildman–Crippen MR) is 126 cm³/mol. The number of allylic oxidation sites excluding steroid dienone is 1. The van der Waals surface area contributed by atoms with Crippen LogP contribution in [0.5, 0.6) is 5.75 Å². The van der Waals surface area contributed by atoms with Gasteiger partial charge in [0.05, 0.1) is 11.9 Å². The number of phenols is 1. The number of amidine groups is 1. The Kier molecular flexibility index (Phi) is 5.96. The van der Waals surface area contributed by atoms with E-state index in [4.69, 9.17) is 0 Å². The number of likely N-dealkylation sites (tertiary alicyclic amines) is 1. The second-order valence-corrected chi connectivity index (χ2v) is 9.38. The van der Waals surface area contributed by atoms with E-state index in [2.05, 4.69) is 64.4 Å². The van der Waals surface area contributed by atoms with Crippen LogP contribution in [0.2, 0.25) is 0 Å². The zero-order chi connectivity index (χ0) is 22.0. The van der Waals surface area contributed by atoms with Gasteiger partial charge < -0.3 is 15.3 Å². The fourth-order valence-corrected chi connectivity index (χ4v) is 4.22. The highest BCUT2D eigenvalue weighted by Crippen LogP contribution is 2.28. The summed E-state index contributed by atoms with van der Waals surface area (Å²) in [7, 11) is 0. The highest BCUT2D eigenvalue weighted by molar-refractivity contribution is 6.12. The molecule has 1 atom stereocenters. The number of aromatic hydroxyl groups is 1. The molecule has 0 saturated carbocycles. The number of hydrogen-bond acceptors (Lipinski definition) is 6.